The van der Waals surface area contributed by atoms with Crippen molar-refractivity contribution in [2.45, 2.75) is 44.0 Å². The SMILES string of the molecule is Cn1c(=O)c(=O)n(C2CCN(c3ncc(CN4C[C@H]5C[C@@H]4CO5)cn3)CC2)c2ncc(Cl)cc21. The molecule has 0 N–H and O–H groups in total. The standard InChI is InChI=1S/C23H26ClN7O3/c1-28-19-6-15(24)10-25-20(19)31(22(33)21(28)32)16-2-4-29(5-3-16)23-26-8-14(9-27-23)11-30-12-18-7-17(30)13-34-18/h6,8-10,16-18H,2-5,7,11-13H2,1H3/t17-,18-/m1/s1. The molecule has 0 aromatic carbocycles. The number of morpholine rings is 1. The molecule has 34 heavy (non-hydrogen) atoms. The van der Waals surface area contributed by atoms with Crippen molar-refractivity contribution in [1.82, 2.24) is 29.0 Å². The van der Waals surface area contributed by atoms with Gasteiger partial charge in [0.2, 0.25) is 5.95 Å². The lowest BCUT2D eigenvalue weighted by Gasteiger charge is -2.33. The first kappa shape index (κ1) is 21.7. The largest absolute Gasteiger partial charge is 0.375 e. The third kappa shape index (κ3) is 3.70. The molecule has 0 unspecified atom stereocenters. The van der Waals surface area contributed by atoms with Crippen LogP contribution >= 0.6 is 11.6 Å². The Morgan fingerprint density at radius 2 is 1.82 bits per heavy atom. The number of aryl methyl sites for hydroxylation is 1. The molecule has 0 amide bonds. The van der Waals surface area contributed by atoms with Crippen LogP contribution in [0.25, 0.3) is 11.2 Å². The highest BCUT2D eigenvalue weighted by Gasteiger charge is 2.38. The van der Waals surface area contributed by atoms with Gasteiger partial charge in [-0.1, -0.05) is 11.6 Å². The number of hydrogen-bond donors (Lipinski definition) is 0. The Bertz CT molecular complexity index is 1350. The summed E-state index contributed by atoms with van der Waals surface area (Å²) in [5.41, 5.74) is 1.02. The van der Waals surface area contributed by atoms with E-state index in [9.17, 15) is 9.59 Å². The average Bonchev–Trinajstić information content (AvgIpc) is 3.48. The van der Waals surface area contributed by atoms with Crippen LogP contribution in [0.4, 0.5) is 5.95 Å². The molecule has 10 nitrogen and oxygen atoms in total. The van der Waals surface area contributed by atoms with Crippen LogP contribution < -0.4 is 16.0 Å². The lowest BCUT2D eigenvalue weighted by Crippen LogP contribution is -2.45. The zero-order valence-corrected chi connectivity index (χ0v) is 19.7. The molecule has 0 radical (unpaired) electrons. The quantitative estimate of drug-likeness (QED) is 0.513. The topological polar surface area (TPSA) is 98.4 Å². The normalized spacial score (nSPS) is 23.3. The Morgan fingerprint density at radius 1 is 1.06 bits per heavy atom. The van der Waals surface area contributed by atoms with E-state index in [0.717, 1.165) is 31.7 Å². The van der Waals surface area contributed by atoms with Crippen LogP contribution in [-0.4, -0.2) is 67.4 Å². The number of pyridine rings is 1. The molecule has 2 bridgehead atoms. The Kier molecular flexibility index (Phi) is 5.39. The first-order valence-electron chi connectivity index (χ1n) is 11.7. The van der Waals surface area contributed by atoms with Gasteiger partial charge in [0.05, 0.1) is 23.3 Å². The Hall–Kier alpha value is -2.82. The van der Waals surface area contributed by atoms with Crippen LogP contribution in [0.2, 0.25) is 5.02 Å². The predicted molar refractivity (Wildman–Crippen MR) is 127 cm³/mol. The Balaban J connectivity index is 1.17. The van der Waals surface area contributed by atoms with Crippen LogP contribution in [0.15, 0.2) is 34.2 Å². The first-order valence-corrected chi connectivity index (χ1v) is 12.0. The van der Waals surface area contributed by atoms with Crippen molar-refractivity contribution in [3.63, 3.8) is 0 Å². The summed E-state index contributed by atoms with van der Waals surface area (Å²) in [5, 5.41) is 0.425. The number of likely N-dealkylation sites (tertiary alicyclic amines) is 1. The number of hydrogen-bond acceptors (Lipinski definition) is 8. The second-order valence-electron chi connectivity index (χ2n) is 9.42. The number of fused-ring (bicyclic) bond motifs is 3. The van der Waals surface area contributed by atoms with Gasteiger partial charge in [0.15, 0.2) is 5.65 Å². The van der Waals surface area contributed by atoms with E-state index in [1.54, 1.807) is 17.7 Å². The molecule has 3 aromatic heterocycles. The number of aromatic nitrogens is 5. The molecule has 0 saturated carbocycles. The number of ether oxygens (including phenoxy) is 1. The number of halogens is 1. The average molecular weight is 484 g/mol. The summed E-state index contributed by atoms with van der Waals surface area (Å²) < 4.78 is 8.54. The van der Waals surface area contributed by atoms with Gasteiger partial charge < -0.3 is 14.2 Å². The highest BCUT2D eigenvalue weighted by Crippen LogP contribution is 2.29. The fraction of sp³-hybridized carbons (Fsp3) is 0.522. The second-order valence-corrected chi connectivity index (χ2v) is 9.86. The van der Waals surface area contributed by atoms with Crippen molar-refractivity contribution in [2.75, 3.05) is 31.1 Å². The minimum Gasteiger partial charge on any atom is -0.375 e. The van der Waals surface area contributed by atoms with Gasteiger partial charge in [-0.3, -0.25) is 19.1 Å². The van der Waals surface area contributed by atoms with E-state index in [1.165, 1.54) is 10.8 Å². The molecule has 3 aliphatic rings. The predicted octanol–water partition coefficient (Wildman–Crippen LogP) is 1.35. The molecule has 0 aliphatic carbocycles. The van der Waals surface area contributed by atoms with E-state index < -0.39 is 11.1 Å². The number of rotatable bonds is 4. The van der Waals surface area contributed by atoms with E-state index in [1.807, 2.05) is 12.4 Å². The molecular formula is C23H26ClN7O3. The van der Waals surface area contributed by atoms with Gasteiger partial charge in [-0.25, -0.2) is 15.0 Å². The fourth-order valence-electron chi connectivity index (χ4n) is 5.47. The molecule has 0 spiro atoms. The summed E-state index contributed by atoms with van der Waals surface area (Å²) in [5.74, 6) is 0.694. The molecule has 11 heteroatoms. The minimum atomic E-state index is -0.573. The van der Waals surface area contributed by atoms with Crippen molar-refractivity contribution in [2.24, 2.45) is 7.05 Å². The summed E-state index contributed by atoms with van der Waals surface area (Å²) in [6.45, 7) is 4.04. The van der Waals surface area contributed by atoms with E-state index >= 15 is 0 Å². The van der Waals surface area contributed by atoms with E-state index in [4.69, 9.17) is 16.3 Å². The van der Waals surface area contributed by atoms with Gasteiger partial charge in [0.25, 0.3) is 0 Å². The van der Waals surface area contributed by atoms with Gasteiger partial charge in [0.1, 0.15) is 0 Å². The number of nitrogens with zero attached hydrogens (tertiary/aromatic N) is 7. The van der Waals surface area contributed by atoms with E-state index in [-0.39, 0.29) is 6.04 Å². The van der Waals surface area contributed by atoms with Crippen molar-refractivity contribution in [3.05, 3.63) is 56.0 Å². The monoisotopic (exact) mass is 483 g/mol. The summed E-state index contributed by atoms with van der Waals surface area (Å²) >= 11 is 6.09. The fourth-order valence-corrected chi connectivity index (χ4v) is 5.62. The van der Waals surface area contributed by atoms with Crippen LogP contribution in [0.1, 0.15) is 30.9 Å². The summed E-state index contributed by atoms with van der Waals surface area (Å²) in [6, 6.07) is 2.07. The van der Waals surface area contributed by atoms with Crippen molar-refractivity contribution in [3.8, 4) is 0 Å². The second kappa shape index (κ2) is 8.44. The van der Waals surface area contributed by atoms with Crippen molar-refractivity contribution < 1.29 is 4.74 Å². The van der Waals surface area contributed by atoms with E-state index in [2.05, 4.69) is 24.8 Å². The molecule has 3 saturated heterocycles. The lowest BCUT2D eigenvalue weighted by molar-refractivity contribution is 0.0272. The summed E-state index contributed by atoms with van der Waals surface area (Å²) in [6.07, 6.45) is 8.22. The lowest BCUT2D eigenvalue weighted by atomic mass is 10.0. The molecule has 3 aliphatic heterocycles. The Morgan fingerprint density at radius 3 is 2.50 bits per heavy atom. The number of piperidine rings is 1. The third-order valence-electron chi connectivity index (χ3n) is 7.31. The van der Waals surface area contributed by atoms with Crippen molar-refractivity contribution >= 4 is 28.7 Å². The molecular weight excluding hydrogens is 458 g/mol. The maximum Gasteiger partial charge on any atom is 0.318 e. The van der Waals surface area contributed by atoms with E-state index in [0.29, 0.717) is 60.2 Å². The molecule has 2 atom stereocenters. The summed E-state index contributed by atoms with van der Waals surface area (Å²) in [4.78, 5) is 43.6. The van der Waals surface area contributed by atoms with Crippen LogP contribution in [0.3, 0.4) is 0 Å². The molecule has 178 valence electrons. The zero-order chi connectivity index (χ0) is 23.4. The molecule has 6 rings (SSSR count). The molecule has 3 aromatic rings. The number of anilines is 1. The Labute approximate surface area is 200 Å². The van der Waals surface area contributed by atoms with Gasteiger partial charge in [-0.2, -0.15) is 0 Å². The van der Waals surface area contributed by atoms with Crippen LogP contribution in [0, 0.1) is 0 Å². The smallest absolute Gasteiger partial charge is 0.318 e. The molecule has 3 fully saturated rings. The summed E-state index contributed by atoms with van der Waals surface area (Å²) in [7, 11) is 1.57. The van der Waals surface area contributed by atoms with Crippen LogP contribution in [0.5, 0.6) is 0 Å². The minimum absolute atomic E-state index is 0.124. The maximum atomic E-state index is 12.9. The highest BCUT2D eigenvalue weighted by molar-refractivity contribution is 6.31. The molecule has 6 heterocycles. The highest BCUT2D eigenvalue weighted by atomic mass is 35.5. The van der Waals surface area contributed by atoms with Gasteiger partial charge in [-0.05, 0) is 25.3 Å². The van der Waals surface area contributed by atoms with Crippen LogP contribution in [-0.2, 0) is 18.3 Å². The van der Waals surface area contributed by atoms with Gasteiger partial charge in [-0.15, -0.1) is 0 Å². The first-order chi connectivity index (χ1) is 16.5. The van der Waals surface area contributed by atoms with Crippen molar-refractivity contribution in [1.29, 1.82) is 0 Å². The van der Waals surface area contributed by atoms with Gasteiger partial charge in [0, 0.05) is 69.5 Å². The third-order valence-corrected chi connectivity index (χ3v) is 7.52. The maximum absolute atomic E-state index is 12.9. The van der Waals surface area contributed by atoms with Gasteiger partial charge >= 0.3 is 11.1 Å². The zero-order valence-electron chi connectivity index (χ0n) is 18.9.